The molecule has 0 atom stereocenters. The minimum atomic E-state index is -0.403. The Hall–Kier alpha value is -1.58. The number of hydrogen-bond donors (Lipinski definition) is 0. The van der Waals surface area contributed by atoms with Crippen LogP contribution in [0.5, 0.6) is 0 Å². The number of furan rings is 1. The van der Waals surface area contributed by atoms with E-state index in [1.807, 2.05) is 0 Å². The molecule has 0 unspecified atom stereocenters. The van der Waals surface area contributed by atoms with Gasteiger partial charge in [0, 0.05) is 4.92 Å². The third-order valence-corrected chi connectivity index (χ3v) is 1.08. The second kappa shape index (κ2) is 3.55. The van der Waals surface area contributed by atoms with Crippen LogP contribution in [0.1, 0.15) is 5.76 Å². The number of nitro groups is 1. The smallest absolute Gasteiger partial charge is 0.222 e. The van der Waals surface area contributed by atoms with E-state index < -0.39 is 4.92 Å². The number of rotatable bonds is 3. The third-order valence-electron chi connectivity index (χ3n) is 1.08. The van der Waals surface area contributed by atoms with Gasteiger partial charge in [0.2, 0.25) is 6.54 Å². The second-order valence-corrected chi connectivity index (χ2v) is 1.93. The van der Waals surface area contributed by atoms with Crippen LogP contribution in [0.2, 0.25) is 0 Å². The van der Waals surface area contributed by atoms with Crippen molar-refractivity contribution in [3.05, 3.63) is 40.3 Å². The molecule has 0 saturated heterocycles. The maximum atomic E-state index is 9.85. The van der Waals surface area contributed by atoms with Gasteiger partial charge in [0.1, 0.15) is 5.76 Å². The highest BCUT2D eigenvalue weighted by molar-refractivity contribution is 5.41. The van der Waals surface area contributed by atoms with Gasteiger partial charge < -0.3 is 4.42 Å². The topological polar surface area (TPSA) is 56.3 Å². The average molecular weight is 153 g/mol. The quantitative estimate of drug-likeness (QED) is 0.489. The highest BCUT2D eigenvalue weighted by Gasteiger charge is 1.90. The molecule has 1 aromatic rings. The zero-order valence-electron chi connectivity index (χ0n) is 5.77. The first kappa shape index (κ1) is 7.53. The van der Waals surface area contributed by atoms with Crippen molar-refractivity contribution in [1.29, 1.82) is 0 Å². The van der Waals surface area contributed by atoms with Crippen LogP contribution in [0, 0.1) is 10.1 Å². The number of nitrogens with zero attached hydrogens (tertiary/aromatic N) is 1. The highest BCUT2D eigenvalue weighted by Crippen LogP contribution is 2.01. The maximum absolute atomic E-state index is 9.85. The average Bonchev–Trinajstić information content (AvgIpc) is 2.39. The largest absolute Gasteiger partial charge is 0.465 e. The van der Waals surface area contributed by atoms with Gasteiger partial charge in [-0.25, -0.2) is 0 Å². The van der Waals surface area contributed by atoms with Gasteiger partial charge in [-0.2, -0.15) is 0 Å². The summed E-state index contributed by atoms with van der Waals surface area (Å²) in [5.41, 5.74) is 0. The Morgan fingerprint density at radius 3 is 3.09 bits per heavy atom. The monoisotopic (exact) mass is 153 g/mol. The van der Waals surface area contributed by atoms with Crippen LogP contribution < -0.4 is 0 Å². The molecule has 0 amide bonds. The molecule has 0 aromatic carbocycles. The molecule has 4 heteroatoms. The summed E-state index contributed by atoms with van der Waals surface area (Å²) in [6.45, 7) is -0.166. The molecule has 0 spiro atoms. The fourth-order valence-electron chi connectivity index (χ4n) is 0.641. The van der Waals surface area contributed by atoms with Gasteiger partial charge >= 0.3 is 0 Å². The molecule has 0 saturated carbocycles. The molecular weight excluding hydrogens is 146 g/mol. The van der Waals surface area contributed by atoms with E-state index in [4.69, 9.17) is 4.42 Å². The van der Waals surface area contributed by atoms with Gasteiger partial charge in [0.05, 0.1) is 6.26 Å². The van der Waals surface area contributed by atoms with E-state index in [0.29, 0.717) is 5.76 Å². The van der Waals surface area contributed by atoms with Crippen LogP contribution in [0.25, 0.3) is 6.08 Å². The molecule has 1 aromatic heterocycles. The SMILES string of the molecule is O=[N+]([O-])CC=Cc1ccco1. The minimum absolute atomic E-state index is 0.166. The predicted octanol–water partition coefficient (Wildman–Crippen LogP) is 1.57. The molecular formula is C7H7NO3. The summed E-state index contributed by atoms with van der Waals surface area (Å²) in [4.78, 5) is 9.45. The fraction of sp³-hybridized carbons (Fsp3) is 0.143. The summed E-state index contributed by atoms with van der Waals surface area (Å²) < 4.78 is 4.91. The van der Waals surface area contributed by atoms with Gasteiger partial charge in [0.15, 0.2) is 0 Å². The highest BCUT2D eigenvalue weighted by atomic mass is 16.6. The maximum Gasteiger partial charge on any atom is 0.222 e. The Kier molecular flexibility index (Phi) is 2.43. The molecule has 4 nitrogen and oxygen atoms in total. The van der Waals surface area contributed by atoms with Crippen LogP contribution in [-0.4, -0.2) is 11.5 Å². The van der Waals surface area contributed by atoms with E-state index in [9.17, 15) is 10.1 Å². The fourth-order valence-corrected chi connectivity index (χ4v) is 0.641. The van der Waals surface area contributed by atoms with E-state index in [0.717, 1.165) is 0 Å². The van der Waals surface area contributed by atoms with Crippen LogP contribution in [0.15, 0.2) is 28.9 Å². The first-order valence-electron chi connectivity index (χ1n) is 3.11. The minimum Gasteiger partial charge on any atom is -0.465 e. The summed E-state index contributed by atoms with van der Waals surface area (Å²) in [5, 5.41) is 9.85. The molecule has 1 rings (SSSR count). The number of hydrogen-bond acceptors (Lipinski definition) is 3. The van der Waals surface area contributed by atoms with Gasteiger partial charge in [0.25, 0.3) is 0 Å². The standard InChI is InChI=1S/C7H7NO3/c9-8(10)5-1-3-7-4-2-6-11-7/h1-4,6H,5H2. The lowest BCUT2D eigenvalue weighted by molar-refractivity contribution is -0.468. The molecule has 1 heterocycles. The van der Waals surface area contributed by atoms with E-state index in [1.54, 1.807) is 18.2 Å². The lowest BCUT2D eigenvalue weighted by atomic mass is 10.4. The van der Waals surface area contributed by atoms with Crippen molar-refractivity contribution in [3.8, 4) is 0 Å². The Balaban J connectivity index is 2.43. The van der Waals surface area contributed by atoms with Crippen LogP contribution >= 0.6 is 0 Å². The Morgan fingerprint density at radius 2 is 2.55 bits per heavy atom. The second-order valence-electron chi connectivity index (χ2n) is 1.93. The van der Waals surface area contributed by atoms with Crippen molar-refractivity contribution in [2.45, 2.75) is 0 Å². The van der Waals surface area contributed by atoms with Crippen molar-refractivity contribution < 1.29 is 9.34 Å². The van der Waals surface area contributed by atoms with Crippen molar-refractivity contribution in [2.24, 2.45) is 0 Å². The van der Waals surface area contributed by atoms with E-state index in [2.05, 4.69) is 0 Å². The first-order valence-corrected chi connectivity index (χ1v) is 3.11. The molecule has 0 N–H and O–H groups in total. The summed E-state index contributed by atoms with van der Waals surface area (Å²) >= 11 is 0. The van der Waals surface area contributed by atoms with E-state index >= 15 is 0 Å². The zero-order valence-corrected chi connectivity index (χ0v) is 5.77. The van der Waals surface area contributed by atoms with Crippen molar-refractivity contribution in [1.82, 2.24) is 0 Å². The van der Waals surface area contributed by atoms with Crippen LogP contribution in [0.3, 0.4) is 0 Å². The Labute approximate surface area is 63.3 Å². The normalized spacial score (nSPS) is 10.5. The van der Waals surface area contributed by atoms with Gasteiger partial charge in [-0.1, -0.05) is 0 Å². The lowest BCUT2D eigenvalue weighted by Crippen LogP contribution is -1.95. The van der Waals surface area contributed by atoms with E-state index in [1.165, 1.54) is 12.3 Å². The predicted molar refractivity (Wildman–Crippen MR) is 39.6 cm³/mol. The Morgan fingerprint density at radius 1 is 1.73 bits per heavy atom. The van der Waals surface area contributed by atoms with Crippen molar-refractivity contribution >= 4 is 6.08 Å². The first-order chi connectivity index (χ1) is 5.29. The molecule has 0 aliphatic rings. The van der Waals surface area contributed by atoms with Crippen LogP contribution in [0.4, 0.5) is 0 Å². The molecule has 11 heavy (non-hydrogen) atoms. The summed E-state index contributed by atoms with van der Waals surface area (Å²) in [6.07, 6.45) is 4.54. The Bertz CT molecular complexity index is 251. The molecule has 0 aliphatic carbocycles. The molecule has 58 valence electrons. The van der Waals surface area contributed by atoms with Gasteiger partial charge in [-0.05, 0) is 24.3 Å². The van der Waals surface area contributed by atoms with E-state index in [-0.39, 0.29) is 6.54 Å². The molecule has 0 bridgehead atoms. The lowest BCUT2D eigenvalue weighted by Gasteiger charge is -1.82. The molecule has 0 fully saturated rings. The van der Waals surface area contributed by atoms with Crippen molar-refractivity contribution in [3.63, 3.8) is 0 Å². The summed E-state index contributed by atoms with van der Waals surface area (Å²) in [6, 6.07) is 3.46. The zero-order chi connectivity index (χ0) is 8.10. The van der Waals surface area contributed by atoms with Crippen LogP contribution in [-0.2, 0) is 0 Å². The van der Waals surface area contributed by atoms with Crippen molar-refractivity contribution in [2.75, 3.05) is 6.54 Å². The third kappa shape index (κ3) is 2.66. The summed E-state index contributed by atoms with van der Waals surface area (Å²) in [5.74, 6) is 0.631. The van der Waals surface area contributed by atoms with Gasteiger partial charge in [-0.15, -0.1) is 0 Å². The molecule has 0 radical (unpaired) electrons. The summed E-state index contributed by atoms with van der Waals surface area (Å²) in [7, 11) is 0. The van der Waals surface area contributed by atoms with Gasteiger partial charge in [-0.3, -0.25) is 10.1 Å². The molecule has 0 aliphatic heterocycles.